The lowest BCUT2D eigenvalue weighted by Gasteiger charge is -2.17. The molecule has 0 aromatic heterocycles. The second-order valence-electron chi connectivity index (χ2n) is 4.90. The number of hydrogen-bond donors (Lipinski definition) is 0. The van der Waals surface area contributed by atoms with Crippen LogP contribution in [0.25, 0.3) is 0 Å². The molecule has 2 aliphatic carbocycles. The molecule has 2 unspecified atom stereocenters. The monoisotopic (exact) mass is 262 g/mol. The van der Waals surface area contributed by atoms with Gasteiger partial charge in [0.25, 0.3) is 0 Å². The third-order valence-electron chi connectivity index (χ3n) is 3.84. The Balaban J connectivity index is 2.04. The summed E-state index contributed by atoms with van der Waals surface area (Å²) < 4.78 is 25.1. The third kappa shape index (κ3) is 1.63. The van der Waals surface area contributed by atoms with Gasteiger partial charge in [0.05, 0.1) is 4.90 Å². The van der Waals surface area contributed by atoms with Crippen molar-refractivity contribution in [3.05, 3.63) is 42.0 Å². The number of carbonyl (C=O) groups excluding carboxylic acids is 1. The van der Waals surface area contributed by atoms with Crippen LogP contribution in [-0.4, -0.2) is 19.5 Å². The molecular weight excluding hydrogens is 248 g/mol. The Labute approximate surface area is 106 Å². The maximum Gasteiger partial charge on any atom is 0.189 e. The summed E-state index contributed by atoms with van der Waals surface area (Å²) in [6.45, 7) is 0. The second-order valence-corrected chi connectivity index (χ2v) is 6.97. The fourth-order valence-electron chi connectivity index (χ4n) is 3.01. The SMILES string of the molecule is O=C1C=C2CCCC2C1S(=O)(=O)c1ccccc1. The Morgan fingerprint density at radius 3 is 2.56 bits per heavy atom. The van der Waals surface area contributed by atoms with Gasteiger partial charge in [-0.1, -0.05) is 23.8 Å². The summed E-state index contributed by atoms with van der Waals surface area (Å²) in [7, 11) is -3.54. The fourth-order valence-corrected chi connectivity index (χ4v) is 4.96. The van der Waals surface area contributed by atoms with Gasteiger partial charge in [-0.3, -0.25) is 4.79 Å². The lowest BCUT2D eigenvalue weighted by atomic mass is 10.1. The van der Waals surface area contributed by atoms with E-state index in [1.165, 1.54) is 0 Å². The zero-order valence-electron chi connectivity index (χ0n) is 9.87. The Morgan fingerprint density at radius 1 is 1.11 bits per heavy atom. The van der Waals surface area contributed by atoms with Crippen molar-refractivity contribution in [3.63, 3.8) is 0 Å². The van der Waals surface area contributed by atoms with Crippen LogP contribution in [0.3, 0.4) is 0 Å². The Bertz CT molecular complexity index is 614. The molecule has 0 spiro atoms. The summed E-state index contributed by atoms with van der Waals surface area (Å²) in [5.74, 6) is -0.318. The molecule has 2 aliphatic rings. The maximum atomic E-state index is 12.5. The van der Waals surface area contributed by atoms with Crippen LogP contribution in [0.1, 0.15) is 19.3 Å². The molecule has 3 nitrogen and oxygen atoms in total. The first-order valence-electron chi connectivity index (χ1n) is 6.14. The average Bonchev–Trinajstić information content (AvgIpc) is 2.89. The third-order valence-corrected chi connectivity index (χ3v) is 6.00. The molecule has 1 aromatic rings. The summed E-state index contributed by atoms with van der Waals surface area (Å²) in [6, 6.07) is 8.28. The lowest BCUT2D eigenvalue weighted by Crippen LogP contribution is -2.32. The molecule has 2 atom stereocenters. The van der Waals surface area contributed by atoms with Crippen molar-refractivity contribution in [2.45, 2.75) is 29.4 Å². The van der Waals surface area contributed by atoms with E-state index in [9.17, 15) is 13.2 Å². The molecule has 1 aromatic carbocycles. The minimum atomic E-state index is -3.54. The summed E-state index contributed by atoms with van der Waals surface area (Å²) in [4.78, 5) is 12.2. The predicted molar refractivity (Wildman–Crippen MR) is 67.8 cm³/mol. The topological polar surface area (TPSA) is 51.2 Å². The van der Waals surface area contributed by atoms with E-state index < -0.39 is 15.1 Å². The van der Waals surface area contributed by atoms with E-state index in [1.807, 2.05) is 0 Å². The molecule has 0 N–H and O–H groups in total. The number of hydrogen-bond acceptors (Lipinski definition) is 3. The Morgan fingerprint density at radius 2 is 1.83 bits per heavy atom. The smallest absolute Gasteiger partial charge is 0.189 e. The summed E-state index contributed by atoms with van der Waals surface area (Å²) in [6.07, 6.45) is 4.24. The highest BCUT2D eigenvalue weighted by Crippen LogP contribution is 2.42. The van der Waals surface area contributed by atoms with Crippen LogP contribution in [0.5, 0.6) is 0 Å². The lowest BCUT2D eigenvalue weighted by molar-refractivity contribution is -0.114. The number of benzene rings is 1. The van der Waals surface area contributed by atoms with Crippen LogP contribution >= 0.6 is 0 Å². The molecule has 0 bridgehead atoms. The van der Waals surface area contributed by atoms with Gasteiger partial charge in [-0.05, 0) is 37.5 Å². The van der Waals surface area contributed by atoms with Gasteiger partial charge in [0, 0.05) is 5.92 Å². The zero-order valence-corrected chi connectivity index (χ0v) is 10.7. The van der Waals surface area contributed by atoms with Gasteiger partial charge in [0.1, 0.15) is 5.25 Å². The van der Waals surface area contributed by atoms with Gasteiger partial charge in [0.15, 0.2) is 15.6 Å². The van der Waals surface area contributed by atoms with Gasteiger partial charge in [-0.15, -0.1) is 0 Å². The van der Waals surface area contributed by atoms with E-state index in [1.54, 1.807) is 36.4 Å². The molecule has 1 saturated carbocycles. The normalized spacial score (nSPS) is 27.1. The maximum absolute atomic E-state index is 12.5. The van der Waals surface area contributed by atoms with Crippen LogP contribution in [-0.2, 0) is 14.6 Å². The van der Waals surface area contributed by atoms with Crippen molar-refractivity contribution in [2.75, 3.05) is 0 Å². The minimum absolute atomic E-state index is 0.0808. The summed E-state index contributed by atoms with van der Waals surface area (Å²) >= 11 is 0. The Kier molecular flexibility index (Phi) is 2.63. The second kappa shape index (κ2) is 4.05. The molecule has 3 rings (SSSR count). The Hall–Kier alpha value is -1.42. The van der Waals surface area contributed by atoms with Crippen LogP contribution < -0.4 is 0 Å². The van der Waals surface area contributed by atoms with Gasteiger partial charge < -0.3 is 0 Å². The fraction of sp³-hybridized carbons (Fsp3) is 0.357. The van der Waals surface area contributed by atoms with Crippen molar-refractivity contribution in [2.24, 2.45) is 5.92 Å². The molecule has 0 radical (unpaired) electrons. The molecule has 94 valence electrons. The molecule has 1 fully saturated rings. The van der Waals surface area contributed by atoms with Crippen LogP contribution in [0, 0.1) is 5.92 Å². The van der Waals surface area contributed by atoms with E-state index in [2.05, 4.69) is 0 Å². The standard InChI is InChI=1S/C14H14O3S/c15-13-9-10-5-4-8-12(10)14(13)18(16,17)11-6-2-1-3-7-11/h1-3,6-7,9,12,14H,4-5,8H2. The quantitative estimate of drug-likeness (QED) is 0.820. The zero-order chi connectivity index (χ0) is 12.8. The number of carbonyl (C=O) groups is 1. The van der Waals surface area contributed by atoms with E-state index in [-0.39, 0.29) is 16.6 Å². The first-order valence-corrected chi connectivity index (χ1v) is 7.68. The summed E-state index contributed by atoms with van der Waals surface area (Å²) in [5.41, 5.74) is 1.03. The van der Waals surface area contributed by atoms with Gasteiger partial charge >= 0.3 is 0 Å². The molecule has 4 heteroatoms. The van der Waals surface area contributed by atoms with E-state index in [4.69, 9.17) is 0 Å². The van der Waals surface area contributed by atoms with Crippen LogP contribution in [0.4, 0.5) is 0 Å². The van der Waals surface area contributed by atoms with Crippen molar-refractivity contribution < 1.29 is 13.2 Å². The van der Waals surface area contributed by atoms with Gasteiger partial charge in [-0.2, -0.15) is 0 Å². The summed E-state index contributed by atoms with van der Waals surface area (Å²) in [5, 5.41) is -0.877. The van der Waals surface area contributed by atoms with Gasteiger partial charge in [0.2, 0.25) is 0 Å². The number of sulfone groups is 1. The molecule has 0 amide bonds. The van der Waals surface area contributed by atoms with Crippen molar-refractivity contribution in [1.29, 1.82) is 0 Å². The molecule has 0 heterocycles. The van der Waals surface area contributed by atoms with Crippen molar-refractivity contribution in [3.8, 4) is 0 Å². The number of ketones is 1. The molecule has 0 saturated heterocycles. The predicted octanol–water partition coefficient (Wildman–Crippen LogP) is 2.14. The minimum Gasteiger partial charge on any atom is -0.293 e. The van der Waals surface area contributed by atoms with Crippen LogP contribution in [0.15, 0.2) is 46.9 Å². The van der Waals surface area contributed by atoms with Crippen LogP contribution in [0.2, 0.25) is 0 Å². The largest absolute Gasteiger partial charge is 0.293 e. The number of allylic oxidation sites excluding steroid dienone is 2. The first-order chi connectivity index (χ1) is 8.60. The van der Waals surface area contributed by atoms with E-state index >= 15 is 0 Å². The molecule has 18 heavy (non-hydrogen) atoms. The molecule has 0 aliphatic heterocycles. The highest BCUT2D eigenvalue weighted by molar-refractivity contribution is 7.93. The molecular formula is C14H14O3S. The number of fused-ring (bicyclic) bond motifs is 1. The average molecular weight is 262 g/mol. The van der Waals surface area contributed by atoms with E-state index in [0.29, 0.717) is 0 Å². The first kappa shape index (κ1) is 11.7. The van der Waals surface area contributed by atoms with Crippen molar-refractivity contribution >= 4 is 15.6 Å². The highest BCUT2D eigenvalue weighted by atomic mass is 32.2. The number of rotatable bonds is 2. The highest BCUT2D eigenvalue weighted by Gasteiger charge is 2.46. The van der Waals surface area contributed by atoms with Gasteiger partial charge in [-0.25, -0.2) is 8.42 Å². The van der Waals surface area contributed by atoms with Crippen molar-refractivity contribution in [1.82, 2.24) is 0 Å². The van der Waals surface area contributed by atoms with E-state index in [0.717, 1.165) is 24.8 Å².